The molecule has 1 rings (SSSR count). The molecule has 0 aliphatic rings. The van der Waals surface area contributed by atoms with Crippen molar-refractivity contribution >= 4 is 34.0 Å². The highest BCUT2D eigenvalue weighted by Crippen LogP contribution is 2.17. The van der Waals surface area contributed by atoms with Crippen molar-refractivity contribution in [1.29, 1.82) is 0 Å². The third kappa shape index (κ3) is 2.42. The highest BCUT2D eigenvalue weighted by molar-refractivity contribution is 9.10. The van der Waals surface area contributed by atoms with Gasteiger partial charge < -0.3 is 4.74 Å². The minimum atomic E-state index is 0.0382. The number of carbonyl (C=O) groups is 1. The molecule has 1 aromatic heterocycles. The van der Waals surface area contributed by atoms with Crippen molar-refractivity contribution in [2.45, 2.75) is 6.61 Å². The number of aromatic nitrogens is 2. The number of hydrogen-bond acceptors (Lipinski definition) is 4. The fourth-order valence-electron chi connectivity index (χ4n) is 0.558. The molecule has 0 unspecified atom stereocenters. The van der Waals surface area contributed by atoms with Crippen LogP contribution >= 0.6 is 27.5 Å². The van der Waals surface area contributed by atoms with Crippen LogP contribution in [0.4, 0.5) is 0 Å². The van der Waals surface area contributed by atoms with E-state index < -0.39 is 0 Å². The van der Waals surface area contributed by atoms with Gasteiger partial charge in [-0.15, -0.1) is 0 Å². The summed E-state index contributed by atoms with van der Waals surface area (Å²) in [4.78, 5) is 17.5. The molecule has 1 heterocycles. The first-order valence-electron chi connectivity index (χ1n) is 2.96. The van der Waals surface area contributed by atoms with Gasteiger partial charge in [-0.3, -0.25) is 4.79 Å². The molecule has 0 amide bonds. The molecule has 0 bridgehead atoms. The SMILES string of the molecule is O=COCc1ncc(Br)c(Cl)n1. The molecular formula is C6H4BrClN2O2. The second-order valence-corrected chi connectivity index (χ2v) is 3.04. The van der Waals surface area contributed by atoms with Gasteiger partial charge in [0.1, 0.15) is 5.15 Å². The van der Waals surface area contributed by atoms with Crippen molar-refractivity contribution < 1.29 is 9.53 Å². The Morgan fingerprint density at radius 3 is 3.08 bits per heavy atom. The lowest BCUT2D eigenvalue weighted by atomic mass is 10.6. The van der Waals surface area contributed by atoms with Gasteiger partial charge in [-0.05, 0) is 15.9 Å². The minimum absolute atomic E-state index is 0.0382. The fourth-order valence-corrected chi connectivity index (χ4v) is 0.896. The van der Waals surface area contributed by atoms with Gasteiger partial charge in [0.15, 0.2) is 12.4 Å². The number of nitrogens with zero attached hydrogens (tertiary/aromatic N) is 2. The molecule has 0 aromatic carbocycles. The predicted octanol–water partition coefficient (Wildman–Crippen LogP) is 1.57. The van der Waals surface area contributed by atoms with Crippen LogP contribution in [-0.2, 0) is 16.1 Å². The Bertz CT molecular complexity index is 295. The molecule has 0 saturated heterocycles. The Labute approximate surface area is 82.0 Å². The topological polar surface area (TPSA) is 52.1 Å². The van der Waals surface area contributed by atoms with Crippen LogP contribution in [0.15, 0.2) is 10.7 Å². The molecule has 0 spiro atoms. The van der Waals surface area contributed by atoms with Crippen molar-refractivity contribution in [3.63, 3.8) is 0 Å². The summed E-state index contributed by atoms with van der Waals surface area (Å²) in [5.74, 6) is 0.371. The second kappa shape index (κ2) is 4.37. The van der Waals surface area contributed by atoms with Crippen LogP contribution in [0.3, 0.4) is 0 Å². The molecule has 0 atom stereocenters. The van der Waals surface area contributed by atoms with Crippen LogP contribution in [0, 0.1) is 0 Å². The van der Waals surface area contributed by atoms with Gasteiger partial charge in [0, 0.05) is 6.20 Å². The lowest BCUT2D eigenvalue weighted by molar-refractivity contribution is -0.130. The number of hydrogen-bond donors (Lipinski definition) is 0. The zero-order valence-electron chi connectivity index (χ0n) is 5.83. The van der Waals surface area contributed by atoms with Gasteiger partial charge in [0.25, 0.3) is 6.47 Å². The summed E-state index contributed by atoms with van der Waals surface area (Å²) in [5, 5.41) is 0.300. The first-order valence-corrected chi connectivity index (χ1v) is 4.13. The van der Waals surface area contributed by atoms with E-state index in [-0.39, 0.29) is 6.61 Å². The molecule has 1 aromatic rings. The zero-order chi connectivity index (χ0) is 8.97. The quantitative estimate of drug-likeness (QED) is 0.604. The summed E-state index contributed by atoms with van der Waals surface area (Å²) >= 11 is 8.78. The predicted molar refractivity (Wildman–Crippen MR) is 45.6 cm³/mol. The van der Waals surface area contributed by atoms with Crippen LogP contribution in [0.5, 0.6) is 0 Å². The van der Waals surface area contributed by atoms with E-state index in [0.717, 1.165) is 0 Å². The van der Waals surface area contributed by atoms with Crippen LogP contribution in [0.2, 0.25) is 5.15 Å². The van der Waals surface area contributed by atoms with Crippen molar-refractivity contribution in [2.75, 3.05) is 0 Å². The summed E-state index contributed by atoms with van der Waals surface area (Å²) in [6.07, 6.45) is 1.50. The van der Waals surface area contributed by atoms with Crippen molar-refractivity contribution in [2.24, 2.45) is 0 Å². The standard InChI is InChI=1S/C6H4BrClN2O2/c7-4-1-9-5(2-12-3-11)10-6(4)8/h1,3H,2H2. The summed E-state index contributed by atoms with van der Waals surface area (Å²) in [6, 6.07) is 0. The number of rotatable bonds is 3. The number of carbonyl (C=O) groups excluding carboxylic acids is 1. The van der Waals surface area contributed by atoms with Crippen LogP contribution in [-0.4, -0.2) is 16.4 Å². The molecular weight excluding hydrogens is 247 g/mol. The summed E-state index contributed by atoms with van der Waals surface area (Å²) < 4.78 is 5.05. The van der Waals surface area contributed by atoms with E-state index in [2.05, 4.69) is 30.6 Å². The highest BCUT2D eigenvalue weighted by Gasteiger charge is 2.01. The first kappa shape index (κ1) is 9.41. The summed E-state index contributed by atoms with van der Waals surface area (Å²) in [7, 11) is 0. The van der Waals surface area contributed by atoms with Crippen molar-refractivity contribution in [3.05, 3.63) is 21.6 Å². The normalized spacial score (nSPS) is 9.50. The Morgan fingerprint density at radius 1 is 1.75 bits per heavy atom. The molecule has 6 heteroatoms. The van der Waals surface area contributed by atoms with Crippen LogP contribution in [0.1, 0.15) is 5.82 Å². The fraction of sp³-hybridized carbons (Fsp3) is 0.167. The Kier molecular flexibility index (Phi) is 3.43. The van der Waals surface area contributed by atoms with Crippen molar-refractivity contribution in [1.82, 2.24) is 9.97 Å². The van der Waals surface area contributed by atoms with Gasteiger partial charge >= 0.3 is 0 Å². The Balaban J connectivity index is 2.75. The third-order valence-electron chi connectivity index (χ3n) is 1.03. The van der Waals surface area contributed by atoms with E-state index in [1.807, 2.05) is 0 Å². The molecule has 0 saturated carbocycles. The van der Waals surface area contributed by atoms with E-state index in [4.69, 9.17) is 11.6 Å². The Morgan fingerprint density at radius 2 is 2.50 bits per heavy atom. The molecule has 0 fully saturated rings. The van der Waals surface area contributed by atoms with E-state index in [0.29, 0.717) is 21.9 Å². The third-order valence-corrected chi connectivity index (χ3v) is 2.13. The maximum Gasteiger partial charge on any atom is 0.293 e. The number of halogens is 2. The molecule has 12 heavy (non-hydrogen) atoms. The first-order chi connectivity index (χ1) is 5.74. The average molecular weight is 251 g/mol. The maximum absolute atomic E-state index is 9.81. The van der Waals surface area contributed by atoms with E-state index >= 15 is 0 Å². The monoisotopic (exact) mass is 250 g/mol. The van der Waals surface area contributed by atoms with Crippen LogP contribution < -0.4 is 0 Å². The smallest absolute Gasteiger partial charge is 0.293 e. The molecule has 4 nitrogen and oxygen atoms in total. The lowest BCUT2D eigenvalue weighted by Gasteiger charge is -1.98. The summed E-state index contributed by atoms with van der Waals surface area (Å²) in [5.41, 5.74) is 0. The van der Waals surface area contributed by atoms with E-state index in [1.54, 1.807) is 0 Å². The molecule has 0 aliphatic heterocycles. The Hall–Kier alpha value is -0.680. The van der Waals surface area contributed by atoms with Gasteiger partial charge in [-0.25, -0.2) is 9.97 Å². The molecule has 0 radical (unpaired) electrons. The van der Waals surface area contributed by atoms with Gasteiger partial charge in [-0.2, -0.15) is 0 Å². The van der Waals surface area contributed by atoms with Gasteiger partial charge in [-0.1, -0.05) is 11.6 Å². The molecule has 64 valence electrons. The molecule has 0 N–H and O–H groups in total. The van der Waals surface area contributed by atoms with Crippen LogP contribution in [0.25, 0.3) is 0 Å². The largest absolute Gasteiger partial charge is 0.460 e. The van der Waals surface area contributed by atoms with Gasteiger partial charge in [0.2, 0.25) is 0 Å². The van der Waals surface area contributed by atoms with Crippen molar-refractivity contribution in [3.8, 4) is 0 Å². The zero-order valence-corrected chi connectivity index (χ0v) is 8.17. The average Bonchev–Trinajstić information content (AvgIpc) is 2.07. The highest BCUT2D eigenvalue weighted by atomic mass is 79.9. The lowest BCUT2D eigenvalue weighted by Crippen LogP contribution is -1.97. The number of ether oxygens (including phenoxy) is 1. The minimum Gasteiger partial charge on any atom is -0.460 e. The molecule has 0 aliphatic carbocycles. The summed E-state index contributed by atoms with van der Waals surface area (Å²) in [6.45, 7) is 0.371. The van der Waals surface area contributed by atoms with E-state index in [1.165, 1.54) is 6.20 Å². The second-order valence-electron chi connectivity index (χ2n) is 1.83. The maximum atomic E-state index is 9.81. The van der Waals surface area contributed by atoms with E-state index in [9.17, 15) is 4.79 Å². The van der Waals surface area contributed by atoms with Gasteiger partial charge in [0.05, 0.1) is 4.47 Å².